The van der Waals surface area contributed by atoms with Crippen LogP contribution in [-0.2, 0) is 10.0 Å². The van der Waals surface area contributed by atoms with Crippen molar-refractivity contribution in [3.05, 3.63) is 72.9 Å². The summed E-state index contributed by atoms with van der Waals surface area (Å²) in [5, 5.41) is 2.64. The van der Waals surface area contributed by atoms with Gasteiger partial charge in [0.2, 0.25) is 0 Å². The lowest BCUT2D eigenvalue weighted by atomic mass is 10.1. The maximum Gasteiger partial charge on any atom is 0.268 e. The van der Waals surface area contributed by atoms with Crippen molar-refractivity contribution in [2.45, 2.75) is 4.90 Å². The topological polar surface area (TPSA) is 45.5 Å². The molecule has 30 heavy (non-hydrogen) atoms. The molecular formula is C23H24ClN3O2S. The van der Waals surface area contributed by atoms with Gasteiger partial charge in [-0.25, -0.2) is 12.4 Å². The number of benzene rings is 3. The van der Waals surface area contributed by atoms with Crippen LogP contribution < -0.4 is 4.90 Å². The minimum absolute atomic E-state index is 0. The Balaban J connectivity index is 0.00000218. The van der Waals surface area contributed by atoms with Gasteiger partial charge in [-0.1, -0.05) is 42.5 Å². The van der Waals surface area contributed by atoms with Crippen LogP contribution in [0.2, 0.25) is 0 Å². The maximum absolute atomic E-state index is 13.6. The second-order valence-corrected chi connectivity index (χ2v) is 9.38. The van der Waals surface area contributed by atoms with E-state index in [-0.39, 0.29) is 12.4 Å². The number of likely N-dealkylation sites (N-methyl/N-ethyl adjacent to an activating group) is 1. The van der Waals surface area contributed by atoms with Gasteiger partial charge in [0.1, 0.15) is 0 Å². The first-order chi connectivity index (χ1) is 14.1. The van der Waals surface area contributed by atoms with Gasteiger partial charge in [0, 0.05) is 48.8 Å². The third kappa shape index (κ3) is 3.35. The van der Waals surface area contributed by atoms with Crippen LogP contribution in [-0.4, -0.2) is 50.5 Å². The van der Waals surface area contributed by atoms with Gasteiger partial charge in [-0.15, -0.1) is 12.4 Å². The van der Waals surface area contributed by atoms with E-state index in [0.717, 1.165) is 53.5 Å². The molecule has 0 bridgehead atoms. The van der Waals surface area contributed by atoms with E-state index in [1.807, 2.05) is 48.5 Å². The summed E-state index contributed by atoms with van der Waals surface area (Å²) in [4.78, 5) is 4.99. The first kappa shape index (κ1) is 20.7. The lowest BCUT2D eigenvalue weighted by Crippen LogP contribution is -2.44. The number of halogens is 1. The molecule has 0 radical (unpaired) electrons. The molecule has 0 atom stereocenters. The maximum atomic E-state index is 13.6. The van der Waals surface area contributed by atoms with Gasteiger partial charge < -0.3 is 9.80 Å². The Morgan fingerprint density at radius 2 is 1.47 bits per heavy atom. The highest BCUT2D eigenvalue weighted by atomic mass is 35.5. The Kier molecular flexibility index (Phi) is 5.49. The second kappa shape index (κ2) is 7.95. The summed E-state index contributed by atoms with van der Waals surface area (Å²) in [5.74, 6) is 0. The lowest BCUT2D eigenvalue weighted by molar-refractivity contribution is 0.313. The number of aromatic nitrogens is 1. The van der Waals surface area contributed by atoms with Crippen LogP contribution in [0.25, 0.3) is 21.7 Å². The third-order valence-corrected chi connectivity index (χ3v) is 7.55. The molecular weight excluding hydrogens is 418 g/mol. The average Bonchev–Trinajstić information content (AvgIpc) is 3.19. The minimum atomic E-state index is -3.72. The smallest absolute Gasteiger partial charge is 0.268 e. The monoisotopic (exact) mass is 441 g/mol. The Morgan fingerprint density at radius 1 is 0.767 bits per heavy atom. The van der Waals surface area contributed by atoms with Gasteiger partial charge in [0.05, 0.1) is 10.4 Å². The van der Waals surface area contributed by atoms with Crippen LogP contribution in [0.4, 0.5) is 5.69 Å². The molecule has 1 aromatic heterocycles. The van der Waals surface area contributed by atoms with Crippen LogP contribution >= 0.6 is 12.4 Å². The van der Waals surface area contributed by atoms with E-state index in [1.165, 1.54) is 3.97 Å². The molecule has 0 saturated carbocycles. The number of anilines is 1. The zero-order chi connectivity index (χ0) is 20.0. The number of nitrogens with zero attached hydrogens (tertiary/aromatic N) is 3. The van der Waals surface area contributed by atoms with Crippen molar-refractivity contribution in [2.24, 2.45) is 0 Å². The predicted molar refractivity (Wildman–Crippen MR) is 125 cm³/mol. The fraction of sp³-hybridized carbons (Fsp3) is 0.217. The molecule has 0 amide bonds. The molecule has 0 unspecified atom stereocenters. The lowest BCUT2D eigenvalue weighted by Gasteiger charge is -2.34. The largest absolute Gasteiger partial charge is 0.368 e. The van der Waals surface area contributed by atoms with E-state index >= 15 is 0 Å². The van der Waals surface area contributed by atoms with E-state index in [4.69, 9.17) is 0 Å². The normalized spacial score (nSPS) is 15.4. The molecule has 4 aromatic rings. The minimum Gasteiger partial charge on any atom is -0.368 e. The molecule has 3 aromatic carbocycles. The number of piperazine rings is 1. The van der Waals surface area contributed by atoms with Gasteiger partial charge in [-0.05, 0) is 36.7 Å². The standard InChI is InChI=1S/C23H23N3O2S.ClH/c1-24-14-16-25(17-15-24)21-9-5-10-22-20(21)12-13-26(22)29(27,28)23-11-4-7-18-6-2-3-8-19(18)23;/h2-13H,14-17H2,1H3;1H. The molecule has 5 rings (SSSR count). The highest BCUT2D eigenvalue weighted by molar-refractivity contribution is 7.90. The van der Waals surface area contributed by atoms with Crippen LogP contribution in [0.1, 0.15) is 0 Å². The summed E-state index contributed by atoms with van der Waals surface area (Å²) >= 11 is 0. The van der Waals surface area contributed by atoms with Crippen molar-refractivity contribution in [1.29, 1.82) is 0 Å². The summed E-state index contributed by atoms with van der Waals surface area (Å²) in [5.41, 5.74) is 1.82. The summed E-state index contributed by atoms with van der Waals surface area (Å²) in [7, 11) is -1.59. The predicted octanol–water partition coefficient (Wildman–Crippen LogP) is 4.21. The van der Waals surface area contributed by atoms with Crippen LogP contribution in [0.15, 0.2) is 77.8 Å². The molecule has 1 aliphatic heterocycles. The Morgan fingerprint density at radius 3 is 2.27 bits per heavy atom. The van der Waals surface area contributed by atoms with Gasteiger partial charge in [0.25, 0.3) is 10.0 Å². The highest BCUT2D eigenvalue weighted by Gasteiger charge is 2.23. The summed E-state index contributed by atoms with van der Waals surface area (Å²) in [6, 6.07) is 20.9. The number of hydrogen-bond donors (Lipinski definition) is 0. The summed E-state index contributed by atoms with van der Waals surface area (Å²) < 4.78 is 28.6. The first-order valence-corrected chi connectivity index (χ1v) is 11.3. The van der Waals surface area contributed by atoms with Crippen molar-refractivity contribution < 1.29 is 8.42 Å². The van der Waals surface area contributed by atoms with E-state index < -0.39 is 10.0 Å². The zero-order valence-corrected chi connectivity index (χ0v) is 18.4. The Hall–Kier alpha value is -2.54. The van der Waals surface area contributed by atoms with Crippen molar-refractivity contribution in [1.82, 2.24) is 8.87 Å². The van der Waals surface area contributed by atoms with E-state index in [0.29, 0.717) is 4.90 Å². The Bertz CT molecular complexity index is 1300. The quantitative estimate of drug-likeness (QED) is 0.478. The fourth-order valence-corrected chi connectivity index (χ4v) is 5.75. The molecule has 0 N–H and O–H groups in total. The van der Waals surface area contributed by atoms with E-state index in [1.54, 1.807) is 18.3 Å². The fourth-order valence-electron chi connectivity index (χ4n) is 4.19. The molecule has 0 spiro atoms. The van der Waals surface area contributed by atoms with Gasteiger partial charge in [-0.2, -0.15) is 0 Å². The number of rotatable bonds is 3. The van der Waals surface area contributed by atoms with Gasteiger partial charge >= 0.3 is 0 Å². The van der Waals surface area contributed by atoms with Crippen molar-refractivity contribution in [2.75, 3.05) is 38.1 Å². The molecule has 1 aliphatic rings. The zero-order valence-electron chi connectivity index (χ0n) is 16.7. The first-order valence-electron chi connectivity index (χ1n) is 9.82. The van der Waals surface area contributed by atoms with Crippen LogP contribution in [0, 0.1) is 0 Å². The van der Waals surface area contributed by atoms with Crippen molar-refractivity contribution in [3.8, 4) is 0 Å². The van der Waals surface area contributed by atoms with E-state index in [9.17, 15) is 8.42 Å². The van der Waals surface area contributed by atoms with Crippen LogP contribution in [0.5, 0.6) is 0 Å². The number of hydrogen-bond acceptors (Lipinski definition) is 4. The van der Waals surface area contributed by atoms with Gasteiger partial charge in [0.15, 0.2) is 0 Å². The second-order valence-electron chi connectivity index (χ2n) is 7.59. The Labute approximate surface area is 183 Å². The molecule has 1 saturated heterocycles. The van der Waals surface area contributed by atoms with E-state index in [2.05, 4.69) is 22.9 Å². The SMILES string of the molecule is CN1CCN(c2cccc3c2ccn3S(=O)(=O)c2cccc3ccccc23)CC1.Cl. The van der Waals surface area contributed by atoms with Crippen LogP contribution in [0.3, 0.4) is 0 Å². The number of fused-ring (bicyclic) bond motifs is 2. The van der Waals surface area contributed by atoms with Crippen molar-refractivity contribution >= 4 is 49.8 Å². The average molecular weight is 442 g/mol. The molecule has 5 nitrogen and oxygen atoms in total. The highest BCUT2D eigenvalue weighted by Crippen LogP contribution is 2.32. The molecule has 2 heterocycles. The summed E-state index contributed by atoms with van der Waals surface area (Å²) in [6.45, 7) is 3.89. The molecule has 1 fully saturated rings. The molecule has 156 valence electrons. The van der Waals surface area contributed by atoms with Gasteiger partial charge in [-0.3, -0.25) is 0 Å². The molecule has 7 heteroatoms. The molecule has 0 aliphatic carbocycles. The van der Waals surface area contributed by atoms with Crippen molar-refractivity contribution in [3.63, 3.8) is 0 Å². The summed E-state index contributed by atoms with van der Waals surface area (Å²) in [6.07, 6.45) is 1.68. The third-order valence-electron chi connectivity index (χ3n) is 5.80.